The predicted molar refractivity (Wildman–Crippen MR) is 53.3 cm³/mol. The molecular weight excluding hydrogens is 206 g/mol. The van der Waals surface area contributed by atoms with Crippen molar-refractivity contribution in [2.45, 2.75) is 25.8 Å². The zero-order chi connectivity index (χ0) is 11.1. The molecule has 0 radical (unpaired) electrons. The summed E-state index contributed by atoms with van der Waals surface area (Å²) in [5, 5.41) is 18.3. The number of hydrogen-bond acceptors (Lipinski definition) is 4. The number of amides is 1. The van der Waals surface area contributed by atoms with Crippen LogP contribution in [0, 0.1) is 0 Å². The first-order chi connectivity index (χ1) is 6.54. The molecule has 0 aromatic rings. The van der Waals surface area contributed by atoms with Gasteiger partial charge in [-0.2, -0.15) is 11.8 Å². The van der Waals surface area contributed by atoms with Gasteiger partial charge in [0.25, 0.3) is 0 Å². The van der Waals surface area contributed by atoms with Crippen molar-refractivity contribution in [2.75, 3.05) is 12.0 Å². The molecule has 0 heterocycles. The van der Waals surface area contributed by atoms with E-state index in [4.69, 9.17) is 5.11 Å². The number of hydroxylamine groups is 2. The highest BCUT2D eigenvalue weighted by Gasteiger charge is 2.26. The lowest BCUT2D eigenvalue weighted by Crippen LogP contribution is -2.42. The lowest BCUT2D eigenvalue weighted by atomic mass is 10.2. The summed E-state index contributed by atoms with van der Waals surface area (Å²) in [4.78, 5) is 21.7. The van der Waals surface area contributed by atoms with Crippen molar-refractivity contribution in [1.82, 2.24) is 5.06 Å². The highest BCUT2D eigenvalue weighted by atomic mass is 32.2. The summed E-state index contributed by atoms with van der Waals surface area (Å²) in [6.07, 6.45) is 2.18. The molecule has 2 N–H and O–H groups in total. The number of aliphatic carboxylic acids is 1. The number of carbonyl (C=O) groups is 2. The Bertz CT molecular complexity index is 210. The SMILES string of the molecule is CCC(=O)N(O)[C@@H](CCSC)C(=O)O. The Hall–Kier alpha value is -0.750. The number of nitrogens with zero attached hydrogens (tertiary/aromatic N) is 1. The number of carboxylic acids is 1. The van der Waals surface area contributed by atoms with E-state index < -0.39 is 17.9 Å². The maximum absolute atomic E-state index is 11.0. The van der Waals surface area contributed by atoms with Gasteiger partial charge in [0, 0.05) is 6.42 Å². The molecule has 0 aromatic heterocycles. The van der Waals surface area contributed by atoms with Crippen LogP contribution in [0.5, 0.6) is 0 Å². The Morgan fingerprint density at radius 1 is 1.50 bits per heavy atom. The van der Waals surface area contributed by atoms with Crippen molar-refractivity contribution in [3.05, 3.63) is 0 Å². The fourth-order valence-electron chi connectivity index (χ4n) is 0.916. The van der Waals surface area contributed by atoms with Crippen LogP contribution in [-0.4, -0.2) is 45.3 Å². The minimum absolute atomic E-state index is 0.0968. The number of carbonyl (C=O) groups excluding carboxylic acids is 1. The topological polar surface area (TPSA) is 77.8 Å². The summed E-state index contributed by atoms with van der Waals surface area (Å²) >= 11 is 1.47. The molecular formula is C8H15NO4S. The minimum atomic E-state index is -1.18. The van der Waals surface area contributed by atoms with Gasteiger partial charge in [0.05, 0.1) is 0 Å². The molecule has 5 nitrogen and oxygen atoms in total. The molecule has 1 amide bonds. The van der Waals surface area contributed by atoms with Crippen LogP contribution in [0.3, 0.4) is 0 Å². The van der Waals surface area contributed by atoms with E-state index in [1.165, 1.54) is 11.8 Å². The van der Waals surface area contributed by atoms with E-state index in [1.54, 1.807) is 6.92 Å². The molecule has 1 atom stereocenters. The third-order valence-electron chi connectivity index (χ3n) is 1.73. The van der Waals surface area contributed by atoms with Gasteiger partial charge in [-0.1, -0.05) is 6.92 Å². The molecule has 0 rings (SSSR count). The molecule has 14 heavy (non-hydrogen) atoms. The van der Waals surface area contributed by atoms with Crippen LogP contribution in [0.4, 0.5) is 0 Å². The average Bonchev–Trinajstić information content (AvgIpc) is 2.16. The van der Waals surface area contributed by atoms with E-state index >= 15 is 0 Å². The third kappa shape index (κ3) is 3.97. The normalized spacial score (nSPS) is 12.2. The van der Waals surface area contributed by atoms with Crippen LogP contribution in [0.25, 0.3) is 0 Å². The van der Waals surface area contributed by atoms with E-state index in [0.29, 0.717) is 10.8 Å². The van der Waals surface area contributed by atoms with Crippen LogP contribution in [-0.2, 0) is 9.59 Å². The minimum Gasteiger partial charge on any atom is -0.480 e. The Labute approximate surface area is 87.0 Å². The lowest BCUT2D eigenvalue weighted by molar-refractivity contribution is -0.185. The number of rotatable bonds is 6. The fourth-order valence-corrected chi connectivity index (χ4v) is 1.37. The Morgan fingerprint density at radius 2 is 2.07 bits per heavy atom. The molecule has 82 valence electrons. The van der Waals surface area contributed by atoms with E-state index in [2.05, 4.69) is 0 Å². The number of hydrogen-bond donors (Lipinski definition) is 2. The summed E-state index contributed by atoms with van der Waals surface area (Å²) in [7, 11) is 0. The first-order valence-electron chi connectivity index (χ1n) is 4.27. The smallest absolute Gasteiger partial charge is 0.329 e. The maximum Gasteiger partial charge on any atom is 0.329 e. The van der Waals surface area contributed by atoms with Gasteiger partial charge in [0.2, 0.25) is 5.91 Å². The molecule has 0 fully saturated rings. The standard InChI is InChI=1S/C8H15NO4S/c1-3-7(10)9(13)6(8(11)12)4-5-14-2/h6,13H,3-5H2,1-2H3,(H,11,12)/t6-/m0/s1. The van der Waals surface area contributed by atoms with Gasteiger partial charge in [0.1, 0.15) is 0 Å². The molecule has 0 aliphatic heterocycles. The van der Waals surface area contributed by atoms with Gasteiger partial charge in [0.15, 0.2) is 6.04 Å². The van der Waals surface area contributed by atoms with Gasteiger partial charge in [-0.3, -0.25) is 10.0 Å². The number of thioether (sulfide) groups is 1. The summed E-state index contributed by atoms with van der Waals surface area (Å²) in [6.45, 7) is 1.57. The second-order valence-corrected chi connectivity index (χ2v) is 3.71. The number of carboxylic acid groups (broad SMARTS) is 1. The Morgan fingerprint density at radius 3 is 2.43 bits per heavy atom. The summed E-state index contributed by atoms with van der Waals surface area (Å²) in [5.74, 6) is -1.16. The molecule has 0 aliphatic rings. The Kier molecular flexibility index (Phi) is 6.31. The summed E-state index contributed by atoms with van der Waals surface area (Å²) < 4.78 is 0. The van der Waals surface area contributed by atoms with Crippen LogP contribution in [0.1, 0.15) is 19.8 Å². The van der Waals surface area contributed by atoms with Gasteiger partial charge in [-0.25, -0.2) is 9.86 Å². The first kappa shape index (κ1) is 13.2. The largest absolute Gasteiger partial charge is 0.480 e. The van der Waals surface area contributed by atoms with Gasteiger partial charge < -0.3 is 5.11 Å². The Balaban J connectivity index is 4.32. The van der Waals surface area contributed by atoms with Crippen molar-refractivity contribution in [3.8, 4) is 0 Å². The summed E-state index contributed by atoms with van der Waals surface area (Å²) in [6, 6.07) is -1.13. The zero-order valence-electron chi connectivity index (χ0n) is 8.27. The lowest BCUT2D eigenvalue weighted by Gasteiger charge is -2.21. The second kappa shape index (κ2) is 6.67. The first-order valence-corrected chi connectivity index (χ1v) is 5.66. The quantitative estimate of drug-likeness (QED) is 0.513. The molecule has 0 saturated heterocycles. The van der Waals surface area contributed by atoms with Crippen molar-refractivity contribution in [3.63, 3.8) is 0 Å². The third-order valence-corrected chi connectivity index (χ3v) is 2.38. The summed E-state index contributed by atoms with van der Waals surface area (Å²) in [5.41, 5.74) is 0. The highest BCUT2D eigenvalue weighted by Crippen LogP contribution is 2.08. The van der Waals surface area contributed by atoms with Crippen LogP contribution >= 0.6 is 11.8 Å². The maximum atomic E-state index is 11.0. The average molecular weight is 221 g/mol. The van der Waals surface area contributed by atoms with Gasteiger partial charge in [-0.05, 0) is 18.4 Å². The zero-order valence-corrected chi connectivity index (χ0v) is 9.08. The predicted octanol–water partition coefficient (Wildman–Crippen LogP) is 0.821. The van der Waals surface area contributed by atoms with E-state index in [1.807, 2.05) is 6.26 Å². The van der Waals surface area contributed by atoms with Crippen LogP contribution in [0.15, 0.2) is 0 Å². The van der Waals surface area contributed by atoms with Crippen molar-refractivity contribution in [1.29, 1.82) is 0 Å². The highest BCUT2D eigenvalue weighted by molar-refractivity contribution is 7.98. The van der Waals surface area contributed by atoms with Crippen molar-refractivity contribution < 1.29 is 19.9 Å². The molecule has 0 bridgehead atoms. The van der Waals surface area contributed by atoms with E-state index in [9.17, 15) is 14.8 Å². The molecule has 0 unspecified atom stereocenters. The second-order valence-electron chi connectivity index (χ2n) is 2.73. The van der Waals surface area contributed by atoms with Crippen LogP contribution < -0.4 is 0 Å². The van der Waals surface area contributed by atoms with Gasteiger partial charge >= 0.3 is 5.97 Å². The van der Waals surface area contributed by atoms with E-state index in [-0.39, 0.29) is 12.8 Å². The molecule has 0 spiro atoms. The van der Waals surface area contributed by atoms with E-state index in [0.717, 1.165) is 0 Å². The fraction of sp³-hybridized carbons (Fsp3) is 0.750. The molecule has 0 aliphatic carbocycles. The molecule has 6 heteroatoms. The molecule has 0 aromatic carbocycles. The van der Waals surface area contributed by atoms with Gasteiger partial charge in [-0.15, -0.1) is 0 Å². The monoisotopic (exact) mass is 221 g/mol. The molecule has 0 saturated carbocycles. The van der Waals surface area contributed by atoms with Crippen molar-refractivity contribution in [2.24, 2.45) is 0 Å². The van der Waals surface area contributed by atoms with Crippen molar-refractivity contribution >= 4 is 23.6 Å². The van der Waals surface area contributed by atoms with Crippen LogP contribution in [0.2, 0.25) is 0 Å².